The zero-order chi connectivity index (χ0) is 14.0. The van der Waals surface area contributed by atoms with Crippen molar-refractivity contribution in [3.63, 3.8) is 0 Å². The Morgan fingerprint density at radius 1 is 1.26 bits per heavy atom. The Bertz CT molecular complexity index is 677. The van der Waals surface area contributed by atoms with E-state index in [2.05, 4.69) is 20.3 Å². The topological polar surface area (TPSA) is 87.7 Å². The summed E-state index contributed by atoms with van der Waals surface area (Å²) < 4.78 is 0. The molecule has 6 nitrogen and oxygen atoms in total. The first-order chi connectivity index (χ1) is 9.00. The molecule has 1 amide bonds. The molecular weight excluding hydrogens is 244 g/mol. The first kappa shape index (κ1) is 12.9. The van der Waals surface area contributed by atoms with Crippen molar-refractivity contribution in [1.82, 2.24) is 15.0 Å². The molecule has 0 bridgehead atoms. The summed E-state index contributed by atoms with van der Waals surface area (Å²) in [4.78, 5) is 34.1. The lowest BCUT2D eigenvalue weighted by Gasteiger charge is -2.12. The van der Waals surface area contributed by atoms with Gasteiger partial charge in [-0.3, -0.25) is 9.59 Å². The lowest BCUT2D eigenvalue weighted by molar-refractivity contribution is -0.114. The van der Waals surface area contributed by atoms with Crippen LogP contribution in [0.2, 0.25) is 0 Å². The maximum atomic E-state index is 11.9. The molecule has 19 heavy (non-hydrogen) atoms. The Hall–Kier alpha value is -2.50. The Balaban J connectivity index is 2.69. The number of aromatic nitrogens is 3. The zero-order valence-electron chi connectivity index (χ0n) is 10.9. The highest BCUT2D eigenvalue weighted by Gasteiger charge is 2.16. The molecule has 2 N–H and O–H groups in total. The monoisotopic (exact) mass is 258 g/mol. The van der Waals surface area contributed by atoms with E-state index in [9.17, 15) is 9.59 Å². The highest BCUT2D eigenvalue weighted by molar-refractivity contribution is 5.90. The normalized spacial score (nSPS) is 10.3. The average Bonchev–Trinajstić information content (AvgIpc) is 2.35. The highest BCUT2D eigenvalue weighted by atomic mass is 16.2. The smallest absolute Gasteiger partial charge is 0.272 e. The van der Waals surface area contributed by atoms with Gasteiger partial charge in [0.25, 0.3) is 5.56 Å². The molecular formula is C13H14N4O2. The SMILES string of the molecule is CC(=O)Nc1c(C)c(-c2ncccn2)c(C)[nH]c1=O. The predicted molar refractivity (Wildman–Crippen MR) is 71.9 cm³/mol. The fourth-order valence-electron chi connectivity index (χ4n) is 1.96. The van der Waals surface area contributed by atoms with Crippen molar-refractivity contribution in [3.05, 3.63) is 40.1 Å². The predicted octanol–water partition coefficient (Wildman–Crippen LogP) is 1.41. The molecule has 0 aliphatic rings. The van der Waals surface area contributed by atoms with Crippen LogP contribution in [0, 0.1) is 13.8 Å². The van der Waals surface area contributed by atoms with Crippen LogP contribution in [0.1, 0.15) is 18.2 Å². The Kier molecular flexibility index (Phi) is 3.41. The molecule has 0 fully saturated rings. The van der Waals surface area contributed by atoms with Gasteiger partial charge in [-0.05, 0) is 25.5 Å². The number of rotatable bonds is 2. The fraction of sp³-hybridized carbons (Fsp3) is 0.231. The van der Waals surface area contributed by atoms with E-state index in [4.69, 9.17) is 0 Å². The third-order valence-electron chi connectivity index (χ3n) is 2.74. The molecule has 2 aromatic rings. The number of amides is 1. The van der Waals surface area contributed by atoms with Gasteiger partial charge in [-0.25, -0.2) is 9.97 Å². The van der Waals surface area contributed by atoms with Crippen molar-refractivity contribution in [2.75, 3.05) is 5.32 Å². The zero-order valence-corrected chi connectivity index (χ0v) is 10.9. The summed E-state index contributed by atoms with van der Waals surface area (Å²) in [5, 5.41) is 2.54. The molecule has 0 spiro atoms. The van der Waals surface area contributed by atoms with Crippen molar-refractivity contribution in [2.45, 2.75) is 20.8 Å². The molecule has 0 aliphatic carbocycles. The van der Waals surface area contributed by atoms with Gasteiger partial charge in [0.2, 0.25) is 5.91 Å². The summed E-state index contributed by atoms with van der Waals surface area (Å²) in [6.07, 6.45) is 3.26. The van der Waals surface area contributed by atoms with Crippen LogP contribution in [0.25, 0.3) is 11.4 Å². The average molecular weight is 258 g/mol. The van der Waals surface area contributed by atoms with Gasteiger partial charge in [0, 0.05) is 30.6 Å². The Morgan fingerprint density at radius 3 is 2.47 bits per heavy atom. The standard InChI is InChI=1S/C13H14N4O2/c1-7-10(12-14-5-4-6-15-12)8(2)16-13(19)11(7)17-9(3)18/h4-6H,1-3H3,(H,16,19)(H,17,18). The molecule has 0 unspecified atom stereocenters. The molecule has 98 valence electrons. The molecule has 2 rings (SSSR count). The van der Waals surface area contributed by atoms with Crippen molar-refractivity contribution in [3.8, 4) is 11.4 Å². The third-order valence-corrected chi connectivity index (χ3v) is 2.74. The first-order valence-electron chi connectivity index (χ1n) is 5.79. The minimum atomic E-state index is -0.329. The molecule has 6 heteroatoms. The number of aryl methyl sites for hydroxylation is 1. The van der Waals surface area contributed by atoms with Gasteiger partial charge in [0.15, 0.2) is 5.82 Å². The van der Waals surface area contributed by atoms with Gasteiger partial charge in [-0.2, -0.15) is 0 Å². The van der Waals surface area contributed by atoms with Crippen LogP contribution in [0.3, 0.4) is 0 Å². The van der Waals surface area contributed by atoms with Gasteiger partial charge in [-0.15, -0.1) is 0 Å². The highest BCUT2D eigenvalue weighted by Crippen LogP contribution is 2.25. The van der Waals surface area contributed by atoms with Crippen LogP contribution in [0.15, 0.2) is 23.3 Å². The largest absolute Gasteiger partial charge is 0.324 e. The van der Waals surface area contributed by atoms with Gasteiger partial charge < -0.3 is 10.3 Å². The van der Waals surface area contributed by atoms with Gasteiger partial charge in [0.1, 0.15) is 5.69 Å². The number of pyridine rings is 1. The van der Waals surface area contributed by atoms with Crippen LogP contribution < -0.4 is 10.9 Å². The van der Waals surface area contributed by atoms with Crippen molar-refractivity contribution in [2.24, 2.45) is 0 Å². The molecule has 0 aromatic carbocycles. The maximum Gasteiger partial charge on any atom is 0.272 e. The van der Waals surface area contributed by atoms with E-state index < -0.39 is 0 Å². The number of carbonyl (C=O) groups excluding carboxylic acids is 1. The molecule has 0 saturated heterocycles. The quantitative estimate of drug-likeness (QED) is 0.852. The minimum absolute atomic E-state index is 0.237. The number of H-pyrrole nitrogens is 1. The maximum absolute atomic E-state index is 11.9. The van der Waals surface area contributed by atoms with Crippen LogP contribution >= 0.6 is 0 Å². The third kappa shape index (κ3) is 2.52. The summed E-state index contributed by atoms with van der Waals surface area (Å²) in [6.45, 7) is 4.90. The number of hydrogen-bond acceptors (Lipinski definition) is 4. The van der Waals surface area contributed by atoms with Crippen LogP contribution in [-0.4, -0.2) is 20.9 Å². The van der Waals surface area contributed by atoms with E-state index in [0.29, 0.717) is 17.1 Å². The Labute approximate surface area is 109 Å². The minimum Gasteiger partial charge on any atom is -0.324 e. The van der Waals surface area contributed by atoms with E-state index in [-0.39, 0.29) is 17.2 Å². The van der Waals surface area contributed by atoms with Crippen molar-refractivity contribution < 1.29 is 4.79 Å². The van der Waals surface area contributed by atoms with Crippen molar-refractivity contribution in [1.29, 1.82) is 0 Å². The Morgan fingerprint density at radius 2 is 1.89 bits per heavy atom. The summed E-state index contributed by atoms with van der Waals surface area (Å²) in [5.41, 5.74) is 1.96. The number of anilines is 1. The second kappa shape index (κ2) is 5.01. The molecule has 0 saturated carbocycles. The number of nitrogens with one attached hydrogen (secondary N) is 2. The first-order valence-corrected chi connectivity index (χ1v) is 5.79. The second-order valence-corrected chi connectivity index (χ2v) is 4.21. The van der Waals surface area contributed by atoms with Gasteiger partial charge in [-0.1, -0.05) is 0 Å². The van der Waals surface area contributed by atoms with Crippen LogP contribution in [-0.2, 0) is 4.79 Å². The van der Waals surface area contributed by atoms with Crippen molar-refractivity contribution >= 4 is 11.6 Å². The lowest BCUT2D eigenvalue weighted by Crippen LogP contribution is -2.20. The second-order valence-electron chi connectivity index (χ2n) is 4.21. The summed E-state index contributed by atoms with van der Waals surface area (Å²) in [5.74, 6) is 0.220. The number of aromatic amines is 1. The summed E-state index contributed by atoms with van der Waals surface area (Å²) >= 11 is 0. The van der Waals surface area contributed by atoms with E-state index in [0.717, 1.165) is 5.56 Å². The molecule has 0 aliphatic heterocycles. The molecule has 0 radical (unpaired) electrons. The number of hydrogen-bond donors (Lipinski definition) is 2. The summed E-state index contributed by atoms with van der Waals surface area (Å²) in [6, 6.07) is 1.72. The van der Waals surface area contributed by atoms with Gasteiger partial charge >= 0.3 is 0 Å². The lowest BCUT2D eigenvalue weighted by atomic mass is 10.1. The van der Waals surface area contributed by atoms with E-state index >= 15 is 0 Å². The van der Waals surface area contributed by atoms with Crippen LogP contribution in [0.5, 0.6) is 0 Å². The fourth-order valence-corrected chi connectivity index (χ4v) is 1.96. The van der Waals surface area contributed by atoms with E-state index in [1.807, 2.05) is 0 Å². The number of carbonyl (C=O) groups is 1. The summed E-state index contributed by atoms with van der Waals surface area (Å²) in [7, 11) is 0. The molecule has 0 atom stereocenters. The van der Waals surface area contributed by atoms with E-state index in [1.165, 1.54) is 6.92 Å². The van der Waals surface area contributed by atoms with E-state index in [1.54, 1.807) is 32.3 Å². The molecule has 2 aromatic heterocycles. The number of nitrogens with zero attached hydrogens (tertiary/aromatic N) is 2. The van der Waals surface area contributed by atoms with Gasteiger partial charge in [0.05, 0.1) is 0 Å². The molecule has 2 heterocycles. The van der Waals surface area contributed by atoms with Crippen LogP contribution in [0.4, 0.5) is 5.69 Å².